The van der Waals surface area contributed by atoms with Crippen LogP contribution in [0.3, 0.4) is 0 Å². The fraction of sp³-hybridized carbons (Fsp3) is 0.174. The van der Waals surface area contributed by atoms with Crippen LogP contribution in [-0.2, 0) is 20.9 Å². The first-order valence-electron chi connectivity index (χ1n) is 9.80. The van der Waals surface area contributed by atoms with Crippen LogP contribution in [0.5, 0.6) is 0 Å². The summed E-state index contributed by atoms with van der Waals surface area (Å²) in [6.45, 7) is 4.20. The summed E-state index contributed by atoms with van der Waals surface area (Å²) in [7, 11) is 1.32. The number of allylic oxidation sites excluding steroid dienone is 1. The van der Waals surface area contributed by atoms with Crippen LogP contribution in [0, 0.1) is 0 Å². The molecule has 1 saturated heterocycles. The first kappa shape index (κ1) is 21.4. The minimum atomic E-state index is -0.465. The van der Waals surface area contributed by atoms with Gasteiger partial charge in [-0.1, -0.05) is 17.4 Å². The molecule has 1 aliphatic heterocycles. The van der Waals surface area contributed by atoms with Gasteiger partial charge in [-0.25, -0.2) is 4.79 Å². The number of imide groups is 1. The number of fused-ring (bicyclic) bond motifs is 1. The van der Waals surface area contributed by atoms with Crippen LogP contribution in [0.15, 0.2) is 60.1 Å². The third-order valence-electron chi connectivity index (χ3n) is 5.04. The van der Waals surface area contributed by atoms with Gasteiger partial charge in [0.05, 0.1) is 28.6 Å². The van der Waals surface area contributed by atoms with E-state index in [0.717, 1.165) is 15.1 Å². The average Bonchev–Trinajstić information content (AvgIpc) is 3.31. The Balaban J connectivity index is 1.70. The quantitative estimate of drug-likeness (QED) is 0.339. The number of methoxy groups -OCH3 is 1. The zero-order chi connectivity index (χ0) is 22.8. The largest absolute Gasteiger partial charge is 0.465 e. The second-order valence-electron chi connectivity index (χ2n) is 7.04. The van der Waals surface area contributed by atoms with Crippen molar-refractivity contribution in [1.82, 2.24) is 4.57 Å². The molecule has 0 unspecified atom stereocenters. The maximum absolute atomic E-state index is 12.8. The Hall–Kier alpha value is -3.85. The van der Waals surface area contributed by atoms with Gasteiger partial charge in [0.2, 0.25) is 11.8 Å². The van der Waals surface area contributed by atoms with Crippen molar-refractivity contribution in [1.29, 1.82) is 0 Å². The molecule has 0 bridgehead atoms. The highest BCUT2D eigenvalue weighted by Crippen LogP contribution is 2.23. The molecule has 9 heteroatoms. The molecular formula is C23H19N3O5S. The molecule has 0 N–H and O–H groups in total. The second-order valence-corrected chi connectivity index (χ2v) is 8.05. The van der Waals surface area contributed by atoms with E-state index in [4.69, 9.17) is 4.74 Å². The number of aromatic nitrogens is 1. The zero-order valence-corrected chi connectivity index (χ0v) is 18.1. The van der Waals surface area contributed by atoms with Crippen molar-refractivity contribution in [3.63, 3.8) is 0 Å². The lowest BCUT2D eigenvalue weighted by molar-refractivity contribution is -0.121. The fourth-order valence-corrected chi connectivity index (χ4v) is 4.55. The Bertz CT molecular complexity index is 1320. The molecule has 2 aromatic carbocycles. The van der Waals surface area contributed by atoms with Crippen LogP contribution < -0.4 is 9.70 Å². The van der Waals surface area contributed by atoms with Crippen molar-refractivity contribution >= 4 is 50.9 Å². The topological polar surface area (TPSA) is 98.0 Å². The molecule has 0 radical (unpaired) electrons. The molecule has 162 valence electrons. The van der Waals surface area contributed by atoms with E-state index in [1.54, 1.807) is 48.5 Å². The van der Waals surface area contributed by atoms with Gasteiger partial charge in [-0.2, -0.15) is 4.99 Å². The number of rotatable bonds is 5. The van der Waals surface area contributed by atoms with Crippen LogP contribution in [-0.4, -0.2) is 35.4 Å². The summed E-state index contributed by atoms with van der Waals surface area (Å²) in [6.07, 6.45) is 2.09. The highest BCUT2D eigenvalue weighted by molar-refractivity contribution is 7.16. The minimum absolute atomic E-state index is 0.196. The molecule has 1 fully saturated rings. The van der Waals surface area contributed by atoms with Gasteiger partial charge >= 0.3 is 5.97 Å². The van der Waals surface area contributed by atoms with E-state index in [0.29, 0.717) is 28.2 Å². The number of thiazole rings is 1. The SMILES string of the molecule is C=CCn1c(=NC(=O)c2ccc(N3C(=O)CCC3=O)cc2)sc2cc(C(=O)OC)ccc21. The van der Waals surface area contributed by atoms with E-state index in [9.17, 15) is 19.2 Å². The highest BCUT2D eigenvalue weighted by Gasteiger charge is 2.30. The van der Waals surface area contributed by atoms with Crippen LogP contribution >= 0.6 is 11.3 Å². The molecule has 1 aromatic heterocycles. The number of amides is 3. The number of ether oxygens (including phenoxy) is 1. The first-order valence-corrected chi connectivity index (χ1v) is 10.6. The van der Waals surface area contributed by atoms with E-state index in [1.165, 1.54) is 18.4 Å². The maximum Gasteiger partial charge on any atom is 0.337 e. The molecule has 3 aromatic rings. The van der Waals surface area contributed by atoms with Gasteiger partial charge < -0.3 is 9.30 Å². The molecule has 4 rings (SSSR count). The number of hydrogen-bond acceptors (Lipinski definition) is 6. The predicted molar refractivity (Wildman–Crippen MR) is 119 cm³/mol. The lowest BCUT2D eigenvalue weighted by Gasteiger charge is -2.13. The summed E-state index contributed by atoms with van der Waals surface area (Å²) in [5.41, 5.74) is 1.99. The third-order valence-corrected chi connectivity index (χ3v) is 6.08. The number of carbonyl (C=O) groups excluding carboxylic acids is 4. The molecule has 1 aliphatic rings. The van der Waals surface area contributed by atoms with Crippen LogP contribution in [0.25, 0.3) is 10.2 Å². The Morgan fingerprint density at radius 1 is 1.09 bits per heavy atom. The van der Waals surface area contributed by atoms with E-state index in [1.807, 2.05) is 4.57 Å². The normalized spacial score (nSPS) is 14.3. The Morgan fingerprint density at radius 3 is 2.38 bits per heavy atom. The van der Waals surface area contributed by atoms with E-state index < -0.39 is 11.9 Å². The second kappa shape index (κ2) is 8.72. The van der Waals surface area contributed by atoms with E-state index in [-0.39, 0.29) is 24.7 Å². The third kappa shape index (κ3) is 3.90. The van der Waals surface area contributed by atoms with E-state index in [2.05, 4.69) is 11.6 Å². The van der Waals surface area contributed by atoms with Crippen molar-refractivity contribution in [3.8, 4) is 0 Å². The molecule has 0 aliphatic carbocycles. The summed E-state index contributed by atoms with van der Waals surface area (Å²) in [5, 5.41) is 0. The van der Waals surface area contributed by atoms with Gasteiger partial charge in [-0.15, -0.1) is 6.58 Å². The Morgan fingerprint density at radius 2 is 1.75 bits per heavy atom. The lowest BCUT2D eigenvalue weighted by Crippen LogP contribution is -2.28. The highest BCUT2D eigenvalue weighted by atomic mass is 32.1. The number of anilines is 1. The number of benzene rings is 2. The van der Waals surface area contributed by atoms with Gasteiger partial charge in [0.15, 0.2) is 4.80 Å². The molecule has 8 nitrogen and oxygen atoms in total. The average molecular weight is 449 g/mol. The summed E-state index contributed by atoms with van der Waals surface area (Å²) in [5.74, 6) is -1.41. The van der Waals surface area contributed by atoms with Crippen molar-refractivity contribution in [3.05, 3.63) is 71.0 Å². The molecule has 0 saturated carbocycles. The smallest absolute Gasteiger partial charge is 0.337 e. The predicted octanol–water partition coefficient (Wildman–Crippen LogP) is 3.07. The monoisotopic (exact) mass is 449 g/mol. The van der Waals surface area contributed by atoms with Crippen LogP contribution in [0.2, 0.25) is 0 Å². The van der Waals surface area contributed by atoms with Gasteiger partial charge in [0.25, 0.3) is 5.91 Å². The lowest BCUT2D eigenvalue weighted by atomic mass is 10.2. The Labute approximate surface area is 187 Å². The van der Waals surface area contributed by atoms with Crippen molar-refractivity contribution < 1.29 is 23.9 Å². The van der Waals surface area contributed by atoms with Gasteiger partial charge in [0.1, 0.15) is 0 Å². The first-order chi connectivity index (χ1) is 15.4. The Kier molecular flexibility index (Phi) is 5.83. The fourth-order valence-electron chi connectivity index (χ4n) is 3.48. The van der Waals surface area contributed by atoms with E-state index >= 15 is 0 Å². The molecule has 2 heterocycles. The summed E-state index contributed by atoms with van der Waals surface area (Å²) >= 11 is 1.28. The molecule has 0 spiro atoms. The van der Waals surface area contributed by atoms with Crippen molar-refractivity contribution in [2.45, 2.75) is 19.4 Å². The molecule has 32 heavy (non-hydrogen) atoms. The summed E-state index contributed by atoms with van der Waals surface area (Å²) in [4.78, 5) is 54.3. The molecular weight excluding hydrogens is 430 g/mol. The zero-order valence-electron chi connectivity index (χ0n) is 17.2. The maximum atomic E-state index is 12.8. The summed E-state index contributed by atoms with van der Waals surface area (Å²) < 4.78 is 7.39. The van der Waals surface area contributed by atoms with Crippen molar-refractivity contribution in [2.24, 2.45) is 4.99 Å². The van der Waals surface area contributed by atoms with Crippen LogP contribution in [0.4, 0.5) is 5.69 Å². The standard InChI is InChI=1S/C23H19N3O5S/c1-3-12-25-17-9-6-15(22(30)31-2)13-18(17)32-23(25)24-21(29)14-4-7-16(8-5-14)26-19(27)10-11-20(26)28/h3-9,13H,1,10-12H2,2H3. The van der Waals surface area contributed by atoms with Gasteiger partial charge in [0, 0.05) is 24.9 Å². The molecule has 3 amide bonds. The number of nitrogens with zero attached hydrogens (tertiary/aromatic N) is 3. The number of carbonyl (C=O) groups is 4. The van der Waals surface area contributed by atoms with Crippen LogP contribution in [0.1, 0.15) is 33.6 Å². The molecule has 0 atom stereocenters. The van der Waals surface area contributed by atoms with Crippen molar-refractivity contribution in [2.75, 3.05) is 12.0 Å². The van der Waals surface area contributed by atoms with Gasteiger partial charge in [-0.05, 0) is 42.5 Å². The summed E-state index contributed by atoms with van der Waals surface area (Å²) in [6, 6.07) is 11.4. The van der Waals surface area contributed by atoms with Gasteiger partial charge in [-0.3, -0.25) is 19.3 Å². The number of esters is 1. The minimum Gasteiger partial charge on any atom is -0.465 e. The number of hydrogen-bond donors (Lipinski definition) is 0.